The van der Waals surface area contributed by atoms with E-state index in [1.807, 2.05) is 0 Å². The summed E-state index contributed by atoms with van der Waals surface area (Å²) in [6.45, 7) is 7.05. The number of benzene rings is 1. The Morgan fingerprint density at radius 2 is 1.90 bits per heavy atom. The highest BCUT2D eigenvalue weighted by atomic mass is 19.4. The summed E-state index contributed by atoms with van der Waals surface area (Å²) in [5.41, 5.74) is -0.537. The minimum absolute atomic E-state index is 0.0951. The summed E-state index contributed by atoms with van der Waals surface area (Å²) in [5, 5.41) is 5.92. The molecule has 2 N–H and O–H groups in total. The van der Waals surface area contributed by atoms with Gasteiger partial charge in [-0.05, 0) is 38.1 Å². The molecule has 164 valence electrons. The molecule has 2 heterocycles. The zero-order valence-corrected chi connectivity index (χ0v) is 16.7. The van der Waals surface area contributed by atoms with Crippen molar-refractivity contribution in [2.75, 3.05) is 56.6 Å². The molecule has 0 radical (unpaired) electrons. The van der Waals surface area contributed by atoms with Crippen LogP contribution in [0.25, 0.3) is 0 Å². The largest absolute Gasteiger partial charge is 0.464 e. The van der Waals surface area contributed by atoms with Gasteiger partial charge in [-0.3, -0.25) is 4.90 Å². The van der Waals surface area contributed by atoms with E-state index in [-0.39, 0.29) is 17.6 Å². The van der Waals surface area contributed by atoms with Crippen molar-refractivity contribution in [3.05, 3.63) is 29.8 Å². The predicted molar refractivity (Wildman–Crippen MR) is 106 cm³/mol. The van der Waals surface area contributed by atoms with E-state index in [9.17, 15) is 13.2 Å². The highest BCUT2D eigenvalue weighted by Crippen LogP contribution is 2.31. The maximum absolute atomic E-state index is 12.9. The van der Waals surface area contributed by atoms with E-state index in [0.717, 1.165) is 51.4 Å². The lowest BCUT2D eigenvalue weighted by Gasteiger charge is -2.26. The fraction of sp³-hybridized carbons (Fsp3) is 0.526. The van der Waals surface area contributed by atoms with E-state index in [2.05, 4.69) is 30.5 Å². The smallest absolute Gasteiger partial charge is 0.416 e. The number of nitrogens with zero attached hydrogens (tertiary/aromatic N) is 4. The summed E-state index contributed by atoms with van der Waals surface area (Å²) in [7, 11) is 0. The third-order valence-electron chi connectivity index (χ3n) is 4.37. The van der Waals surface area contributed by atoms with E-state index in [0.29, 0.717) is 19.1 Å². The summed E-state index contributed by atoms with van der Waals surface area (Å²) in [6, 6.07) is 4.93. The molecule has 0 saturated carbocycles. The van der Waals surface area contributed by atoms with E-state index >= 15 is 0 Å². The lowest BCUT2D eigenvalue weighted by Crippen LogP contribution is -2.37. The zero-order valence-electron chi connectivity index (χ0n) is 16.7. The molecule has 1 fully saturated rings. The van der Waals surface area contributed by atoms with E-state index < -0.39 is 11.7 Å². The van der Waals surface area contributed by atoms with Crippen molar-refractivity contribution in [1.29, 1.82) is 0 Å². The van der Waals surface area contributed by atoms with E-state index in [1.54, 1.807) is 6.92 Å². The molecule has 11 heteroatoms. The van der Waals surface area contributed by atoms with Crippen LogP contribution in [0.2, 0.25) is 0 Å². The first-order valence-electron chi connectivity index (χ1n) is 9.81. The molecular formula is C19H25F3N6O2. The van der Waals surface area contributed by atoms with Crippen LogP contribution in [0.3, 0.4) is 0 Å². The molecule has 0 amide bonds. The van der Waals surface area contributed by atoms with Crippen LogP contribution < -0.4 is 15.4 Å². The molecule has 1 aliphatic heterocycles. The van der Waals surface area contributed by atoms with Crippen molar-refractivity contribution in [3.8, 4) is 6.01 Å². The van der Waals surface area contributed by atoms with Gasteiger partial charge in [-0.2, -0.15) is 28.1 Å². The number of hydrogen-bond acceptors (Lipinski definition) is 8. The Kier molecular flexibility index (Phi) is 7.63. The quantitative estimate of drug-likeness (QED) is 0.592. The van der Waals surface area contributed by atoms with Crippen molar-refractivity contribution in [2.24, 2.45) is 0 Å². The van der Waals surface area contributed by atoms with Crippen molar-refractivity contribution in [1.82, 2.24) is 19.9 Å². The number of aromatic nitrogens is 3. The van der Waals surface area contributed by atoms with Gasteiger partial charge in [0.05, 0.1) is 25.4 Å². The summed E-state index contributed by atoms with van der Waals surface area (Å²) < 4.78 is 49.5. The molecule has 1 aliphatic rings. The average Bonchev–Trinajstić information content (AvgIpc) is 2.72. The Labute approximate surface area is 172 Å². The Hall–Kier alpha value is -2.66. The van der Waals surface area contributed by atoms with Crippen LogP contribution in [0.4, 0.5) is 30.8 Å². The van der Waals surface area contributed by atoms with Crippen molar-refractivity contribution in [2.45, 2.75) is 19.5 Å². The number of halogens is 3. The van der Waals surface area contributed by atoms with Crippen LogP contribution in [0.15, 0.2) is 24.3 Å². The Balaban J connectivity index is 1.63. The zero-order chi connectivity index (χ0) is 21.4. The molecule has 3 rings (SSSR count). The number of rotatable bonds is 9. The minimum atomic E-state index is -4.43. The minimum Gasteiger partial charge on any atom is -0.464 e. The molecule has 1 saturated heterocycles. The fourth-order valence-electron chi connectivity index (χ4n) is 2.92. The normalized spacial score (nSPS) is 15.1. The van der Waals surface area contributed by atoms with Gasteiger partial charge in [0, 0.05) is 25.3 Å². The monoisotopic (exact) mass is 426 g/mol. The topological polar surface area (TPSA) is 84.4 Å². The molecule has 1 aromatic carbocycles. The summed E-state index contributed by atoms with van der Waals surface area (Å²) in [6.07, 6.45) is -3.55. The van der Waals surface area contributed by atoms with Gasteiger partial charge in [-0.1, -0.05) is 6.07 Å². The van der Waals surface area contributed by atoms with Gasteiger partial charge in [0.2, 0.25) is 11.9 Å². The second-order valence-electron chi connectivity index (χ2n) is 6.64. The van der Waals surface area contributed by atoms with Crippen molar-refractivity contribution in [3.63, 3.8) is 0 Å². The molecule has 30 heavy (non-hydrogen) atoms. The van der Waals surface area contributed by atoms with Crippen LogP contribution in [-0.2, 0) is 10.9 Å². The molecule has 2 aromatic rings. The first kappa shape index (κ1) is 22.0. The SMILES string of the molecule is CCOc1nc(NCCCN2CCOCC2)nc(Nc2cccc(C(F)(F)F)c2)n1. The third-order valence-corrected chi connectivity index (χ3v) is 4.37. The Morgan fingerprint density at radius 3 is 2.63 bits per heavy atom. The van der Waals surface area contributed by atoms with E-state index in [1.165, 1.54) is 12.1 Å². The molecule has 0 aliphatic carbocycles. The summed E-state index contributed by atoms with van der Waals surface area (Å²) >= 11 is 0. The first-order valence-corrected chi connectivity index (χ1v) is 9.81. The molecule has 8 nitrogen and oxygen atoms in total. The number of ether oxygens (including phenoxy) is 2. The number of nitrogens with one attached hydrogen (secondary N) is 2. The molecule has 0 atom stereocenters. The third kappa shape index (κ3) is 6.70. The maximum atomic E-state index is 12.9. The van der Waals surface area contributed by atoms with Crippen molar-refractivity contribution >= 4 is 17.6 Å². The number of anilines is 3. The second-order valence-corrected chi connectivity index (χ2v) is 6.64. The molecular weight excluding hydrogens is 401 g/mol. The molecule has 1 aromatic heterocycles. The van der Waals surface area contributed by atoms with Gasteiger partial charge in [-0.15, -0.1) is 0 Å². The predicted octanol–water partition coefficient (Wildman–Crippen LogP) is 3.17. The molecule has 0 unspecified atom stereocenters. The van der Waals surface area contributed by atoms with Crippen LogP contribution in [0, 0.1) is 0 Å². The molecule has 0 spiro atoms. The summed E-state index contributed by atoms with van der Waals surface area (Å²) in [4.78, 5) is 14.9. The fourth-order valence-corrected chi connectivity index (χ4v) is 2.92. The number of morpholine rings is 1. The van der Waals surface area contributed by atoms with Gasteiger partial charge in [0.1, 0.15) is 0 Å². The number of alkyl halides is 3. The standard InChI is InChI=1S/C19H25F3N6O2/c1-2-30-18-26-16(23-7-4-8-28-9-11-29-12-10-28)25-17(27-18)24-15-6-3-5-14(13-15)19(20,21)22/h3,5-6,13H,2,4,7-12H2,1H3,(H2,23,24,25,26,27). The van der Waals surface area contributed by atoms with Gasteiger partial charge in [0.25, 0.3) is 0 Å². The van der Waals surface area contributed by atoms with Gasteiger partial charge in [-0.25, -0.2) is 0 Å². The van der Waals surface area contributed by atoms with Gasteiger partial charge >= 0.3 is 12.2 Å². The summed E-state index contributed by atoms with van der Waals surface area (Å²) in [5.74, 6) is 0.397. The van der Waals surface area contributed by atoms with Crippen LogP contribution in [0.1, 0.15) is 18.9 Å². The van der Waals surface area contributed by atoms with Crippen molar-refractivity contribution < 1.29 is 22.6 Å². The maximum Gasteiger partial charge on any atom is 0.416 e. The Morgan fingerprint density at radius 1 is 1.13 bits per heavy atom. The van der Waals surface area contributed by atoms with E-state index in [4.69, 9.17) is 9.47 Å². The second kappa shape index (κ2) is 10.4. The van der Waals surface area contributed by atoms with Crippen LogP contribution in [0.5, 0.6) is 6.01 Å². The van der Waals surface area contributed by atoms with Gasteiger partial charge < -0.3 is 20.1 Å². The first-order chi connectivity index (χ1) is 14.4. The average molecular weight is 426 g/mol. The highest BCUT2D eigenvalue weighted by Gasteiger charge is 2.30. The lowest BCUT2D eigenvalue weighted by molar-refractivity contribution is -0.137. The van der Waals surface area contributed by atoms with Crippen LogP contribution in [-0.4, -0.2) is 65.9 Å². The number of hydrogen-bond donors (Lipinski definition) is 2. The Bertz CT molecular complexity index is 815. The molecule has 0 bridgehead atoms. The van der Waals surface area contributed by atoms with Gasteiger partial charge in [0.15, 0.2) is 0 Å². The lowest BCUT2D eigenvalue weighted by atomic mass is 10.2. The highest BCUT2D eigenvalue weighted by molar-refractivity contribution is 5.55. The van der Waals surface area contributed by atoms with Crippen LogP contribution >= 0.6 is 0 Å².